The van der Waals surface area contributed by atoms with Gasteiger partial charge >= 0.3 is 0 Å². The molecular formula is C27H33F2N5O3. The summed E-state index contributed by atoms with van der Waals surface area (Å²) in [5.41, 5.74) is 1.97. The van der Waals surface area contributed by atoms with Crippen molar-refractivity contribution in [2.24, 2.45) is 0 Å². The summed E-state index contributed by atoms with van der Waals surface area (Å²) in [6, 6.07) is 6.52. The van der Waals surface area contributed by atoms with E-state index in [2.05, 4.69) is 19.9 Å². The number of aliphatic hydroxyl groups excluding tert-OH is 1. The van der Waals surface area contributed by atoms with Crippen molar-refractivity contribution < 1.29 is 18.6 Å². The molecule has 3 atom stereocenters. The lowest BCUT2D eigenvalue weighted by Crippen LogP contribution is -2.42. The van der Waals surface area contributed by atoms with Gasteiger partial charge in [-0.1, -0.05) is 6.07 Å². The zero-order valence-electron chi connectivity index (χ0n) is 21.2. The number of hydrogen-bond donors (Lipinski definition) is 2. The molecule has 198 valence electrons. The Hall–Kier alpha value is -2.95. The van der Waals surface area contributed by atoms with Gasteiger partial charge in [0.15, 0.2) is 11.2 Å². The highest BCUT2D eigenvalue weighted by molar-refractivity contribution is 5.84. The fraction of sp³-hybridized carbons (Fsp3) is 0.519. The first kappa shape index (κ1) is 25.7. The minimum absolute atomic E-state index is 0.0156. The molecule has 37 heavy (non-hydrogen) atoms. The standard InChI is InChI=1S/C27H33F2N5O3/c1-16(2)34-19(14-33-8-3-4-18(28)13-33)11-24(35)20-6-5-17(10-23(20)34)26-21(29)12-30-27(32-26)31-22-7-9-37-15-25(22)36/h5-6,10-12,16,18,22,25,36H,3-4,7-9,13-15H2,1-2H3,(H,30,31,32)/t18-,22+,25+/m0/s1. The van der Waals surface area contributed by atoms with Gasteiger partial charge in [0.2, 0.25) is 5.95 Å². The van der Waals surface area contributed by atoms with Crippen LogP contribution in [0.5, 0.6) is 0 Å². The van der Waals surface area contributed by atoms with Crippen LogP contribution in [0.15, 0.2) is 35.3 Å². The molecule has 2 aliphatic heterocycles. The third kappa shape index (κ3) is 5.51. The average molecular weight is 514 g/mol. The van der Waals surface area contributed by atoms with Crippen LogP contribution in [0.25, 0.3) is 22.2 Å². The van der Waals surface area contributed by atoms with Crippen LogP contribution in [0.3, 0.4) is 0 Å². The minimum atomic E-state index is -0.856. The van der Waals surface area contributed by atoms with E-state index in [1.54, 1.807) is 24.3 Å². The van der Waals surface area contributed by atoms with Crippen molar-refractivity contribution >= 4 is 16.9 Å². The molecule has 5 rings (SSSR count). The van der Waals surface area contributed by atoms with Crippen LogP contribution in [0.1, 0.15) is 44.8 Å². The Morgan fingerprint density at radius 3 is 2.86 bits per heavy atom. The second-order valence-electron chi connectivity index (χ2n) is 10.2. The number of ether oxygens (including phenoxy) is 1. The Kier molecular flexibility index (Phi) is 7.50. The highest BCUT2D eigenvalue weighted by Crippen LogP contribution is 2.28. The number of anilines is 1. The average Bonchev–Trinajstić information content (AvgIpc) is 2.86. The molecule has 2 N–H and O–H groups in total. The fourth-order valence-corrected chi connectivity index (χ4v) is 5.34. The summed E-state index contributed by atoms with van der Waals surface area (Å²) in [5.74, 6) is -0.377. The molecule has 0 radical (unpaired) electrons. The van der Waals surface area contributed by atoms with E-state index < -0.39 is 18.1 Å². The van der Waals surface area contributed by atoms with E-state index in [0.29, 0.717) is 49.0 Å². The summed E-state index contributed by atoms with van der Waals surface area (Å²) < 4.78 is 36.3. The normalized spacial score (nSPS) is 23.0. The van der Waals surface area contributed by atoms with Crippen molar-refractivity contribution in [3.8, 4) is 11.3 Å². The van der Waals surface area contributed by atoms with Gasteiger partial charge in [0.25, 0.3) is 0 Å². The Morgan fingerprint density at radius 2 is 2.11 bits per heavy atom. The maximum absolute atomic E-state index is 14.9. The van der Waals surface area contributed by atoms with Crippen LogP contribution in [-0.4, -0.2) is 69.2 Å². The van der Waals surface area contributed by atoms with Gasteiger partial charge in [0, 0.05) is 48.4 Å². The van der Waals surface area contributed by atoms with Gasteiger partial charge in [-0.15, -0.1) is 0 Å². The quantitative estimate of drug-likeness (QED) is 0.520. The van der Waals surface area contributed by atoms with Crippen LogP contribution in [0, 0.1) is 5.82 Å². The molecule has 0 amide bonds. The third-order valence-corrected chi connectivity index (χ3v) is 7.14. The smallest absolute Gasteiger partial charge is 0.223 e. The summed E-state index contributed by atoms with van der Waals surface area (Å²) in [5, 5.41) is 13.8. The number of rotatable bonds is 6. The van der Waals surface area contributed by atoms with Crippen LogP contribution >= 0.6 is 0 Å². The largest absolute Gasteiger partial charge is 0.389 e. The van der Waals surface area contributed by atoms with E-state index >= 15 is 0 Å². The number of benzene rings is 1. The summed E-state index contributed by atoms with van der Waals surface area (Å²) in [7, 11) is 0. The predicted octanol–water partition coefficient (Wildman–Crippen LogP) is 3.67. The Bertz CT molecular complexity index is 1330. The molecule has 0 spiro atoms. The fourth-order valence-electron chi connectivity index (χ4n) is 5.34. The van der Waals surface area contributed by atoms with Crippen LogP contribution in [0.4, 0.5) is 14.7 Å². The summed E-state index contributed by atoms with van der Waals surface area (Å²) in [4.78, 5) is 23.6. The summed E-state index contributed by atoms with van der Waals surface area (Å²) >= 11 is 0. The van der Waals surface area contributed by atoms with Gasteiger partial charge in [-0.25, -0.2) is 18.7 Å². The molecule has 2 fully saturated rings. The number of fused-ring (bicyclic) bond motifs is 1. The molecule has 1 aromatic carbocycles. The molecule has 0 unspecified atom stereocenters. The molecule has 0 saturated carbocycles. The lowest BCUT2D eigenvalue weighted by Gasteiger charge is -2.31. The first-order valence-corrected chi connectivity index (χ1v) is 12.9. The van der Waals surface area contributed by atoms with Crippen LogP contribution < -0.4 is 10.7 Å². The number of nitrogens with zero attached hydrogens (tertiary/aromatic N) is 4. The van der Waals surface area contributed by atoms with E-state index in [1.165, 1.54) is 0 Å². The van der Waals surface area contributed by atoms with Crippen molar-refractivity contribution in [3.05, 3.63) is 52.2 Å². The van der Waals surface area contributed by atoms with Crippen LogP contribution in [0.2, 0.25) is 0 Å². The lowest BCUT2D eigenvalue weighted by molar-refractivity contribution is -0.0136. The van der Waals surface area contributed by atoms with Gasteiger partial charge < -0.3 is 19.7 Å². The summed E-state index contributed by atoms with van der Waals surface area (Å²) in [6.45, 7) is 6.39. The second kappa shape index (κ2) is 10.8. The molecule has 2 saturated heterocycles. The van der Waals surface area contributed by atoms with E-state index in [4.69, 9.17) is 4.74 Å². The third-order valence-electron chi connectivity index (χ3n) is 7.14. The maximum atomic E-state index is 14.9. The molecule has 4 heterocycles. The highest BCUT2D eigenvalue weighted by Gasteiger charge is 2.25. The Morgan fingerprint density at radius 1 is 1.27 bits per heavy atom. The number of aliphatic hydroxyl groups is 1. The molecule has 3 aromatic rings. The van der Waals surface area contributed by atoms with Crippen molar-refractivity contribution in [2.75, 3.05) is 31.6 Å². The number of aromatic nitrogens is 3. The first-order chi connectivity index (χ1) is 17.8. The topological polar surface area (TPSA) is 92.5 Å². The maximum Gasteiger partial charge on any atom is 0.223 e. The Labute approximate surface area is 214 Å². The van der Waals surface area contributed by atoms with Gasteiger partial charge in [-0.3, -0.25) is 9.69 Å². The number of nitrogens with one attached hydrogen (secondary N) is 1. The number of pyridine rings is 1. The van der Waals surface area contributed by atoms with Crippen molar-refractivity contribution in [3.63, 3.8) is 0 Å². The van der Waals surface area contributed by atoms with E-state index in [0.717, 1.165) is 24.9 Å². The van der Waals surface area contributed by atoms with Crippen LogP contribution in [-0.2, 0) is 11.3 Å². The SMILES string of the molecule is CC(C)n1c(CN2CCC[C@H](F)C2)cc(=O)c2ccc(-c3nc(N[C@@H]4CCOC[C@H]4O)ncc3F)cc21. The number of alkyl halides is 1. The van der Waals surface area contributed by atoms with Gasteiger partial charge in [0.05, 0.1) is 30.5 Å². The zero-order chi connectivity index (χ0) is 26.1. The zero-order valence-corrected chi connectivity index (χ0v) is 21.2. The first-order valence-electron chi connectivity index (χ1n) is 12.9. The monoisotopic (exact) mass is 513 g/mol. The second-order valence-corrected chi connectivity index (χ2v) is 10.2. The number of hydrogen-bond acceptors (Lipinski definition) is 7. The molecule has 2 aromatic heterocycles. The molecule has 10 heteroatoms. The summed E-state index contributed by atoms with van der Waals surface area (Å²) in [6.07, 6.45) is 1.49. The van der Waals surface area contributed by atoms with Crippen molar-refractivity contribution in [2.45, 2.75) is 64.0 Å². The van der Waals surface area contributed by atoms with E-state index in [1.807, 2.05) is 18.7 Å². The van der Waals surface area contributed by atoms with Crippen molar-refractivity contribution in [1.82, 2.24) is 19.4 Å². The molecular weight excluding hydrogens is 480 g/mol. The number of halogens is 2. The van der Waals surface area contributed by atoms with E-state index in [9.17, 15) is 18.7 Å². The van der Waals surface area contributed by atoms with Gasteiger partial charge in [-0.2, -0.15) is 0 Å². The van der Waals surface area contributed by atoms with Gasteiger partial charge in [-0.05, 0) is 51.8 Å². The highest BCUT2D eigenvalue weighted by atomic mass is 19.1. The van der Waals surface area contributed by atoms with Crippen molar-refractivity contribution in [1.29, 1.82) is 0 Å². The van der Waals surface area contributed by atoms with E-state index in [-0.39, 0.29) is 35.8 Å². The lowest BCUT2D eigenvalue weighted by atomic mass is 10.0. The minimum Gasteiger partial charge on any atom is -0.389 e. The number of piperidine rings is 1. The van der Waals surface area contributed by atoms with Gasteiger partial charge in [0.1, 0.15) is 11.9 Å². The molecule has 8 nitrogen and oxygen atoms in total. The predicted molar refractivity (Wildman–Crippen MR) is 138 cm³/mol. The molecule has 0 bridgehead atoms. The molecule has 0 aliphatic carbocycles. The number of likely N-dealkylation sites (tertiary alicyclic amines) is 1. The molecule has 2 aliphatic rings. The Balaban J connectivity index is 1.53.